The number of hydrogen-bond donors (Lipinski definition) is 1. The lowest BCUT2D eigenvalue weighted by Crippen LogP contribution is -2.43. The van der Waals surface area contributed by atoms with Gasteiger partial charge in [-0.25, -0.2) is 0 Å². The first-order valence-electron chi connectivity index (χ1n) is 10.8. The Labute approximate surface area is 172 Å². The lowest BCUT2D eigenvalue weighted by Gasteiger charge is -2.31. The molecule has 1 heterocycles. The molecule has 0 bridgehead atoms. The minimum atomic E-state index is -0.000972. The van der Waals surface area contributed by atoms with Crippen molar-refractivity contribution in [2.24, 2.45) is 11.8 Å². The molecule has 0 spiro atoms. The van der Waals surface area contributed by atoms with Crippen molar-refractivity contribution < 1.29 is 14.3 Å². The molecule has 0 radical (unpaired) electrons. The average Bonchev–Trinajstić information content (AvgIpc) is 3.59. The summed E-state index contributed by atoms with van der Waals surface area (Å²) in [6.07, 6.45) is 4.91. The number of piperidine rings is 1. The predicted octanol–water partition coefficient (Wildman–Crippen LogP) is 3.62. The molecule has 1 aliphatic carbocycles. The summed E-state index contributed by atoms with van der Waals surface area (Å²) in [6.45, 7) is 3.51. The molecule has 2 aromatic rings. The molecule has 1 saturated carbocycles. The fourth-order valence-corrected chi connectivity index (χ4v) is 3.99. The number of hydrogen-bond acceptors (Lipinski definition) is 3. The number of nitrogens with one attached hydrogen (secondary N) is 1. The number of amides is 2. The standard InChI is InChI=1S/C24H30N2O3/c27-23(25-13-4-16-29-17-18-9-10-18)20-11-14-26(15-12-20)24(28)22-8-3-6-19-5-1-2-7-21(19)22/h1-3,5-8,18,20H,4,9-17H2,(H,25,27). The van der Waals surface area contributed by atoms with Crippen LogP contribution in [0.2, 0.25) is 0 Å². The van der Waals surface area contributed by atoms with Gasteiger partial charge in [0, 0.05) is 44.3 Å². The zero-order chi connectivity index (χ0) is 20.1. The summed E-state index contributed by atoms with van der Waals surface area (Å²) in [5, 5.41) is 5.10. The van der Waals surface area contributed by atoms with E-state index in [-0.39, 0.29) is 17.7 Å². The van der Waals surface area contributed by atoms with Gasteiger partial charge in [-0.05, 0) is 54.9 Å². The van der Waals surface area contributed by atoms with Crippen LogP contribution in [0, 0.1) is 11.8 Å². The Bertz CT molecular complexity index is 849. The van der Waals surface area contributed by atoms with E-state index in [0.29, 0.717) is 19.6 Å². The highest BCUT2D eigenvalue weighted by Gasteiger charge is 2.28. The molecule has 2 fully saturated rings. The molecule has 29 heavy (non-hydrogen) atoms. The van der Waals surface area contributed by atoms with E-state index in [0.717, 1.165) is 54.7 Å². The van der Waals surface area contributed by atoms with E-state index in [1.54, 1.807) is 0 Å². The van der Waals surface area contributed by atoms with Crippen molar-refractivity contribution >= 4 is 22.6 Å². The van der Waals surface area contributed by atoms with Gasteiger partial charge in [0.1, 0.15) is 0 Å². The second-order valence-electron chi connectivity index (χ2n) is 8.26. The summed E-state index contributed by atoms with van der Waals surface area (Å²) in [5.74, 6) is 0.961. The Hall–Kier alpha value is -2.40. The Kier molecular flexibility index (Phi) is 6.45. The maximum atomic E-state index is 13.0. The third-order valence-electron chi connectivity index (χ3n) is 5.99. The smallest absolute Gasteiger partial charge is 0.254 e. The van der Waals surface area contributed by atoms with Gasteiger partial charge in [0.25, 0.3) is 5.91 Å². The van der Waals surface area contributed by atoms with Crippen molar-refractivity contribution in [2.45, 2.75) is 32.1 Å². The Morgan fingerprint density at radius 2 is 1.76 bits per heavy atom. The summed E-state index contributed by atoms with van der Waals surface area (Å²) >= 11 is 0. The van der Waals surface area contributed by atoms with Gasteiger partial charge in [-0.2, -0.15) is 0 Å². The van der Waals surface area contributed by atoms with Gasteiger partial charge < -0.3 is 15.0 Å². The molecule has 2 aliphatic rings. The third-order valence-corrected chi connectivity index (χ3v) is 5.99. The third kappa shape index (κ3) is 5.15. The van der Waals surface area contributed by atoms with E-state index < -0.39 is 0 Å². The second-order valence-corrected chi connectivity index (χ2v) is 8.26. The first-order chi connectivity index (χ1) is 14.2. The monoisotopic (exact) mass is 394 g/mol. The summed E-state index contributed by atoms with van der Waals surface area (Å²) in [5.41, 5.74) is 0.747. The maximum absolute atomic E-state index is 13.0. The largest absolute Gasteiger partial charge is 0.381 e. The summed E-state index contributed by atoms with van der Waals surface area (Å²) in [6, 6.07) is 13.8. The van der Waals surface area contributed by atoms with E-state index in [2.05, 4.69) is 5.32 Å². The van der Waals surface area contributed by atoms with E-state index in [1.165, 1.54) is 12.8 Å². The molecule has 5 heteroatoms. The number of likely N-dealkylation sites (tertiary alicyclic amines) is 1. The van der Waals surface area contributed by atoms with Gasteiger partial charge in [0.05, 0.1) is 0 Å². The normalized spacial score (nSPS) is 17.4. The van der Waals surface area contributed by atoms with Gasteiger partial charge in [0.15, 0.2) is 0 Å². The van der Waals surface area contributed by atoms with Crippen LogP contribution in [0.4, 0.5) is 0 Å². The van der Waals surface area contributed by atoms with Crippen molar-refractivity contribution in [1.82, 2.24) is 10.2 Å². The molecule has 5 nitrogen and oxygen atoms in total. The number of carbonyl (C=O) groups is 2. The highest BCUT2D eigenvalue weighted by molar-refractivity contribution is 6.07. The van der Waals surface area contributed by atoms with Crippen molar-refractivity contribution in [3.8, 4) is 0 Å². The first kappa shape index (κ1) is 19.9. The minimum Gasteiger partial charge on any atom is -0.381 e. The zero-order valence-corrected chi connectivity index (χ0v) is 16.9. The SMILES string of the molecule is O=C(NCCCOCC1CC1)C1CCN(C(=O)c2cccc3ccccc23)CC1. The van der Waals surface area contributed by atoms with Crippen LogP contribution >= 0.6 is 0 Å². The van der Waals surface area contributed by atoms with Gasteiger partial charge in [-0.1, -0.05) is 36.4 Å². The lowest BCUT2D eigenvalue weighted by molar-refractivity contribution is -0.126. The molecule has 1 aliphatic heterocycles. The van der Waals surface area contributed by atoms with E-state index in [4.69, 9.17) is 4.74 Å². The number of benzene rings is 2. The van der Waals surface area contributed by atoms with Crippen LogP contribution in [0.3, 0.4) is 0 Å². The van der Waals surface area contributed by atoms with Gasteiger partial charge in [0.2, 0.25) is 5.91 Å². The van der Waals surface area contributed by atoms with Crippen LogP contribution in [-0.2, 0) is 9.53 Å². The lowest BCUT2D eigenvalue weighted by atomic mass is 9.95. The molecule has 1 N–H and O–H groups in total. The maximum Gasteiger partial charge on any atom is 0.254 e. The summed E-state index contributed by atoms with van der Waals surface area (Å²) < 4.78 is 5.60. The van der Waals surface area contributed by atoms with E-state index in [1.807, 2.05) is 47.4 Å². The molecule has 154 valence electrons. The van der Waals surface area contributed by atoms with Gasteiger partial charge in [-0.15, -0.1) is 0 Å². The van der Waals surface area contributed by atoms with Crippen LogP contribution in [0.25, 0.3) is 10.8 Å². The molecular formula is C24H30N2O3. The molecule has 4 rings (SSSR count). The molecule has 1 saturated heterocycles. The number of nitrogens with zero attached hydrogens (tertiary/aromatic N) is 1. The molecule has 2 aromatic carbocycles. The second kappa shape index (κ2) is 9.40. The predicted molar refractivity (Wildman–Crippen MR) is 114 cm³/mol. The molecule has 0 aromatic heterocycles. The topological polar surface area (TPSA) is 58.6 Å². The van der Waals surface area contributed by atoms with Crippen LogP contribution in [0.1, 0.15) is 42.5 Å². The Morgan fingerprint density at radius 3 is 2.55 bits per heavy atom. The fourth-order valence-electron chi connectivity index (χ4n) is 3.99. The zero-order valence-electron chi connectivity index (χ0n) is 16.9. The number of carbonyl (C=O) groups excluding carboxylic acids is 2. The van der Waals surface area contributed by atoms with Crippen molar-refractivity contribution in [3.05, 3.63) is 48.0 Å². The van der Waals surface area contributed by atoms with Crippen molar-refractivity contribution in [1.29, 1.82) is 0 Å². The number of fused-ring (bicyclic) bond motifs is 1. The molecule has 0 atom stereocenters. The highest BCUT2D eigenvalue weighted by atomic mass is 16.5. The summed E-state index contributed by atoms with van der Waals surface area (Å²) in [7, 11) is 0. The van der Waals surface area contributed by atoms with Crippen molar-refractivity contribution in [2.75, 3.05) is 32.8 Å². The van der Waals surface area contributed by atoms with Crippen LogP contribution in [0.5, 0.6) is 0 Å². The molecule has 0 unspecified atom stereocenters. The van der Waals surface area contributed by atoms with E-state index >= 15 is 0 Å². The fraction of sp³-hybridized carbons (Fsp3) is 0.500. The van der Waals surface area contributed by atoms with Crippen molar-refractivity contribution in [3.63, 3.8) is 0 Å². The Morgan fingerprint density at radius 1 is 1.00 bits per heavy atom. The van der Waals surface area contributed by atoms with Crippen LogP contribution in [-0.4, -0.2) is 49.6 Å². The number of ether oxygens (including phenoxy) is 1. The molecular weight excluding hydrogens is 364 g/mol. The molecule has 2 amide bonds. The Balaban J connectivity index is 1.22. The summed E-state index contributed by atoms with van der Waals surface area (Å²) in [4.78, 5) is 27.3. The minimum absolute atomic E-state index is 0.000972. The highest BCUT2D eigenvalue weighted by Crippen LogP contribution is 2.28. The quantitative estimate of drug-likeness (QED) is 0.696. The number of rotatable bonds is 8. The van der Waals surface area contributed by atoms with Crippen LogP contribution < -0.4 is 5.32 Å². The van der Waals surface area contributed by atoms with Gasteiger partial charge >= 0.3 is 0 Å². The first-order valence-corrected chi connectivity index (χ1v) is 10.8. The van der Waals surface area contributed by atoms with Crippen LogP contribution in [0.15, 0.2) is 42.5 Å². The van der Waals surface area contributed by atoms with Gasteiger partial charge in [-0.3, -0.25) is 9.59 Å². The average molecular weight is 395 g/mol. The van der Waals surface area contributed by atoms with E-state index in [9.17, 15) is 9.59 Å².